The van der Waals surface area contributed by atoms with Crippen LogP contribution in [0.1, 0.15) is 0 Å². The van der Waals surface area contributed by atoms with Gasteiger partial charge >= 0.3 is 0 Å². The Morgan fingerprint density at radius 2 is 1.72 bits per heavy atom. The predicted octanol–water partition coefficient (Wildman–Crippen LogP) is 2.44. The Morgan fingerprint density at radius 3 is 2.28 bits per heavy atom. The van der Waals surface area contributed by atoms with Gasteiger partial charge in [0.25, 0.3) is 10.1 Å². The SMILES string of the molecule is O=S(=O)(O)c1ccc(N=C=S)c2ccccc12.[Na]. The van der Waals surface area contributed by atoms with E-state index in [4.69, 9.17) is 4.55 Å². The second-order valence-corrected chi connectivity index (χ2v) is 4.88. The summed E-state index contributed by atoms with van der Waals surface area (Å²) in [5.74, 6) is 0. The van der Waals surface area contributed by atoms with E-state index < -0.39 is 10.1 Å². The van der Waals surface area contributed by atoms with Crippen LogP contribution < -0.4 is 0 Å². The Morgan fingerprint density at radius 1 is 1.11 bits per heavy atom. The summed E-state index contributed by atoms with van der Waals surface area (Å²) in [6.07, 6.45) is 0. The first-order chi connectivity index (χ1) is 8.04. The number of fused-ring (bicyclic) bond motifs is 1. The quantitative estimate of drug-likeness (QED) is 0.399. The van der Waals surface area contributed by atoms with E-state index in [2.05, 4.69) is 22.4 Å². The molecule has 87 valence electrons. The molecule has 0 aliphatic rings. The van der Waals surface area contributed by atoms with Crippen LogP contribution in [0.15, 0.2) is 46.3 Å². The Balaban J connectivity index is 0.00000162. The first-order valence-electron chi connectivity index (χ1n) is 4.61. The van der Waals surface area contributed by atoms with E-state index in [1.165, 1.54) is 12.1 Å². The molecule has 0 bridgehead atoms. The number of hydrogen-bond acceptors (Lipinski definition) is 4. The molecule has 0 saturated carbocycles. The number of aliphatic imine (C=N–C) groups is 1. The van der Waals surface area contributed by atoms with Crippen LogP contribution in [-0.4, -0.2) is 47.7 Å². The molecule has 0 heterocycles. The Bertz CT molecular complexity index is 737. The summed E-state index contributed by atoms with van der Waals surface area (Å²) < 4.78 is 31.5. The summed E-state index contributed by atoms with van der Waals surface area (Å²) in [5, 5.41) is 3.23. The topological polar surface area (TPSA) is 66.7 Å². The smallest absolute Gasteiger partial charge is 0.282 e. The number of thiocarbonyl (C=S) groups is 1. The van der Waals surface area contributed by atoms with Crippen molar-refractivity contribution in [3.8, 4) is 0 Å². The van der Waals surface area contributed by atoms with E-state index in [1.54, 1.807) is 24.3 Å². The van der Waals surface area contributed by atoms with Crippen molar-refractivity contribution in [2.75, 3.05) is 0 Å². The van der Waals surface area contributed by atoms with Gasteiger partial charge in [-0.1, -0.05) is 24.3 Å². The second-order valence-electron chi connectivity index (χ2n) is 3.31. The minimum Gasteiger partial charge on any atom is -0.282 e. The van der Waals surface area contributed by atoms with Crippen LogP contribution in [0.4, 0.5) is 5.69 Å². The fourth-order valence-corrected chi connectivity index (χ4v) is 2.42. The molecule has 0 atom stereocenters. The number of isothiocyanates is 1. The van der Waals surface area contributed by atoms with E-state index in [0.29, 0.717) is 16.5 Å². The van der Waals surface area contributed by atoms with Crippen LogP contribution in [0, 0.1) is 0 Å². The van der Waals surface area contributed by atoms with Crippen molar-refractivity contribution in [2.24, 2.45) is 4.99 Å². The van der Waals surface area contributed by atoms with Crippen LogP contribution in [-0.2, 0) is 10.1 Å². The standard InChI is InChI=1S/C11H7NO3S2.Na/c13-17(14,15)11-6-5-10(12-7-16)8-3-1-2-4-9(8)11;/h1-6H,(H,13,14,15);. The zero-order valence-electron chi connectivity index (χ0n) is 9.49. The third-order valence-electron chi connectivity index (χ3n) is 2.31. The number of benzene rings is 2. The summed E-state index contributed by atoms with van der Waals surface area (Å²) in [4.78, 5) is 3.70. The van der Waals surface area contributed by atoms with Gasteiger partial charge in [-0.3, -0.25) is 4.55 Å². The Hall–Kier alpha value is -0.590. The number of rotatable bonds is 2. The third kappa shape index (κ3) is 3.05. The molecule has 7 heteroatoms. The molecular formula is C11H7NNaO3S2. The van der Waals surface area contributed by atoms with E-state index in [1.807, 2.05) is 0 Å². The Labute approximate surface area is 132 Å². The van der Waals surface area contributed by atoms with Gasteiger partial charge in [-0.15, -0.1) is 0 Å². The fourth-order valence-electron chi connectivity index (χ4n) is 1.63. The summed E-state index contributed by atoms with van der Waals surface area (Å²) in [5.41, 5.74) is 0.517. The maximum atomic E-state index is 11.2. The van der Waals surface area contributed by atoms with Gasteiger partial charge in [0.05, 0.1) is 10.8 Å². The molecule has 0 spiro atoms. The van der Waals surface area contributed by atoms with Crippen LogP contribution in [0.25, 0.3) is 10.8 Å². The zero-order valence-corrected chi connectivity index (χ0v) is 13.1. The maximum absolute atomic E-state index is 11.2. The van der Waals surface area contributed by atoms with Crippen molar-refractivity contribution in [1.29, 1.82) is 0 Å². The minimum absolute atomic E-state index is 0. The molecule has 0 aromatic heterocycles. The second kappa shape index (κ2) is 6.04. The van der Waals surface area contributed by atoms with Gasteiger partial charge in [-0.25, -0.2) is 0 Å². The first-order valence-corrected chi connectivity index (χ1v) is 6.46. The van der Waals surface area contributed by atoms with E-state index >= 15 is 0 Å². The van der Waals surface area contributed by atoms with Gasteiger partial charge in [0.15, 0.2) is 0 Å². The predicted molar refractivity (Wildman–Crippen MR) is 74.2 cm³/mol. The van der Waals surface area contributed by atoms with Gasteiger partial charge in [0.2, 0.25) is 0 Å². The normalized spacial score (nSPS) is 10.5. The number of hydrogen-bond donors (Lipinski definition) is 1. The molecule has 0 amide bonds. The molecule has 1 radical (unpaired) electrons. The molecule has 0 aliphatic carbocycles. The summed E-state index contributed by atoms with van der Waals surface area (Å²) in [6, 6.07) is 9.50. The maximum Gasteiger partial charge on any atom is 0.295 e. The van der Waals surface area contributed by atoms with Gasteiger partial charge in [-0.2, -0.15) is 13.4 Å². The van der Waals surface area contributed by atoms with Crippen molar-refractivity contribution in [3.63, 3.8) is 0 Å². The van der Waals surface area contributed by atoms with Crippen molar-refractivity contribution in [1.82, 2.24) is 0 Å². The monoisotopic (exact) mass is 288 g/mol. The molecule has 0 saturated heterocycles. The molecule has 2 aromatic rings. The van der Waals surface area contributed by atoms with Crippen LogP contribution in [0.3, 0.4) is 0 Å². The molecule has 0 aliphatic heterocycles. The van der Waals surface area contributed by atoms with Crippen LogP contribution >= 0.6 is 12.2 Å². The van der Waals surface area contributed by atoms with Gasteiger partial charge in [-0.05, 0) is 24.4 Å². The summed E-state index contributed by atoms with van der Waals surface area (Å²) in [7, 11) is -4.25. The number of nitrogens with zero attached hydrogens (tertiary/aromatic N) is 1. The van der Waals surface area contributed by atoms with E-state index in [9.17, 15) is 8.42 Å². The molecule has 2 aromatic carbocycles. The molecule has 4 nitrogen and oxygen atoms in total. The summed E-state index contributed by atoms with van der Waals surface area (Å²) >= 11 is 4.52. The van der Waals surface area contributed by atoms with Gasteiger partial charge < -0.3 is 0 Å². The molecule has 1 N–H and O–H groups in total. The van der Waals surface area contributed by atoms with Crippen LogP contribution in [0.5, 0.6) is 0 Å². The molecular weight excluding hydrogens is 281 g/mol. The van der Waals surface area contributed by atoms with Gasteiger partial charge in [0, 0.05) is 40.3 Å². The molecule has 0 fully saturated rings. The third-order valence-corrected chi connectivity index (χ3v) is 3.31. The fraction of sp³-hybridized carbons (Fsp3) is 0. The van der Waals surface area contributed by atoms with Crippen molar-refractivity contribution in [2.45, 2.75) is 4.90 Å². The van der Waals surface area contributed by atoms with E-state index in [-0.39, 0.29) is 34.5 Å². The van der Waals surface area contributed by atoms with Crippen molar-refractivity contribution < 1.29 is 13.0 Å². The van der Waals surface area contributed by atoms with Crippen molar-refractivity contribution >= 4 is 73.5 Å². The molecule has 2 rings (SSSR count). The molecule has 0 unspecified atom stereocenters. The first kappa shape index (κ1) is 15.5. The minimum atomic E-state index is -4.25. The summed E-state index contributed by atoms with van der Waals surface area (Å²) in [6.45, 7) is 0. The molecule has 18 heavy (non-hydrogen) atoms. The van der Waals surface area contributed by atoms with Gasteiger partial charge in [0.1, 0.15) is 4.90 Å². The average Bonchev–Trinajstić information content (AvgIpc) is 2.28. The van der Waals surface area contributed by atoms with Crippen molar-refractivity contribution in [3.05, 3.63) is 36.4 Å². The largest absolute Gasteiger partial charge is 0.295 e. The zero-order chi connectivity index (χ0) is 12.5. The van der Waals surface area contributed by atoms with Crippen LogP contribution in [0.2, 0.25) is 0 Å². The average molecular weight is 288 g/mol. The van der Waals surface area contributed by atoms with E-state index in [0.717, 1.165) is 0 Å². The Kier molecular flexibility index (Phi) is 5.19.